The van der Waals surface area contributed by atoms with E-state index in [0.717, 1.165) is 18.8 Å². The molecule has 2 heterocycles. The van der Waals surface area contributed by atoms with E-state index >= 15 is 0 Å². The summed E-state index contributed by atoms with van der Waals surface area (Å²) in [5.74, 6) is 0. The Hall–Kier alpha value is -1.13. The number of nitrogens with zero attached hydrogens (tertiary/aromatic N) is 2. The van der Waals surface area contributed by atoms with Crippen molar-refractivity contribution >= 4 is 0 Å². The second kappa shape index (κ2) is 3.94. The number of aliphatic hydroxyl groups excluding tert-OH is 1. The summed E-state index contributed by atoms with van der Waals surface area (Å²) in [5.41, 5.74) is 0.872. The highest BCUT2D eigenvalue weighted by Gasteiger charge is 2.22. The second-order valence-electron chi connectivity index (χ2n) is 3.41. The molecule has 0 saturated carbocycles. The lowest BCUT2D eigenvalue weighted by Gasteiger charge is -2.18. The Balaban J connectivity index is 2.17. The Morgan fingerprint density at radius 3 is 3.29 bits per heavy atom. The predicted molar refractivity (Wildman–Crippen MR) is 53.8 cm³/mol. The van der Waals surface area contributed by atoms with E-state index in [4.69, 9.17) is 0 Å². The molecule has 0 fully saturated rings. The first-order valence-electron chi connectivity index (χ1n) is 4.91. The van der Waals surface area contributed by atoms with Crippen molar-refractivity contribution in [3.05, 3.63) is 30.4 Å². The molecule has 0 saturated heterocycles. The molecule has 0 radical (unpaired) electrons. The smallest absolute Gasteiger partial charge is 0.114 e. The number of imidazole rings is 1. The van der Waals surface area contributed by atoms with Crippen molar-refractivity contribution in [1.82, 2.24) is 14.9 Å². The first-order chi connectivity index (χ1) is 6.83. The zero-order valence-electron chi connectivity index (χ0n) is 8.22. The van der Waals surface area contributed by atoms with E-state index in [1.165, 1.54) is 0 Å². The third kappa shape index (κ3) is 1.58. The second-order valence-corrected chi connectivity index (χ2v) is 3.41. The van der Waals surface area contributed by atoms with Gasteiger partial charge in [0, 0.05) is 13.1 Å². The van der Waals surface area contributed by atoms with Gasteiger partial charge >= 0.3 is 0 Å². The van der Waals surface area contributed by atoms with Gasteiger partial charge in [-0.3, -0.25) is 0 Å². The Morgan fingerprint density at radius 2 is 2.64 bits per heavy atom. The van der Waals surface area contributed by atoms with Gasteiger partial charge < -0.3 is 15.0 Å². The lowest BCUT2D eigenvalue weighted by Crippen LogP contribution is -2.30. The molecule has 2 rings (SSSR count). The largest absolute Gasteiger partial charge is 0.385 e. The molecule has 0 spiro atoms. The summed E-state index contributed by atoms with van der Waals surface area (Å²) < 4.78 is 1.96. The van der Waals surface area contributed by atoms with Crippen LogP contribution in [0.3, 0.4) is 0 Å². The topological polar surface area (TPSA) is 50.1 Å². The van der Waals surface area contributed by atoms with E-state index in [1.54, 1.807) is 12.5 Å². The number of nitrogens with one attached hydrogen (secondary N) is 1. The van der Waals surface area contributed by atoms with Gasteiger partial charge in [-0.25, -0.2) is 4.98 Å². The van der Waals surface area contributed by atoms with Crippen LogP contribution in [0, 0.1) is 0 Å². The summed E-state index contributed by atoms with van der Waals surface area (Å²) >= 11 is 0. The van der Waals surface area contributed by atoms with Crippen LogP contribution in [-0.4, -0.2) is 27.2 Å². The molecule has 1 aromatic heterocycles. The van der Waals surface area contributed by atoms with Gasteiger partial charge in [0.1, 0.15) is 6.10 Å². The van der Waals surface area contributed by atoms with Gasteiger partial charge in [-0.2, -0.15) is 0 Å². The summed E-state index contributed by atoms with van der Waals surface area (Å²) in [4.78, 5) is 4.04. The summed E-state index contributed by atoms with van der Waals surface area (Å²) in [6.45, 7) is 3.71. The van der Waals surface area contributed by atoms with Gasteiger partial charge in [-0.1, -0.05) is 12.2 Å². The fraction of sp³-hybridized carbons (Fsp3) is 0.500. The van der Waals surface area contributed by atoms with Crippen molar-refractivity contribution in [3.8, 4) is 0 Å². The summed E-state index contributed by atoms with van der Waals surface area (Å²) in [6, 6.07) is 0.0250. The number of rotatable bonds is 3. The Kier molecular flexibility index (Phi) is 2.65. The lowest BCUT2D eigenvalue weighted by molar-refractivity contribution is 0.144. The van der Waals surface area contributed by atoms with Gasteiger partial charge in [-0.05, 0) is 6.92 Å². The van der Waals surface area contributed by atoms with Gasteiger partial charge in [-0.15, -0.1) is 0 Å². The van der Waals surface area contributed by atoms with Crippen LogP contribution >= 0.6 is 0 Å². The molecule has 14 heavy (non-hydrogen) atoms. The van der Waals surface area contributed by atoms with Crippen molar-refractivity contribution < 1.29 is 5.11 Å². The minimum atomic E-state index is -0.504. The molecule has 0 aliphatic carbocycles. The molecule has 0 amide bonds. The molecular formula is C10H15N3O. The highest BCUT2D eigenvalue weighted by Crippen LogP contribution is 2.19. The number of aliphatic hydroxyl groups is 1. The highest BCUT2D eigenvalue weighted by atomic mass is 16.3. The normalized spacial score (nSPS) is 22.9. The molecule has 1 aromatic rings. The first-order valence-corrected chi connectivity index (χ1v) is 4.91. The maximum absolute atomic E-state index is 10.0. The van der Waals surface area contributed by atoms with Crippen LogP contribution in [0.2, 0.25) is 0 Å². The standard InChI is InChI=1S/C10H15N3O/c1-2-13-7-11-6-9(13)10(14)8-4-3-5-12-8/h3-4,6-8,10,12,14H,2,5H2,1H3. The SMILES string of the molecule is CCn1cncc1C(O)C1C=CCN1. The maximum Gasteiger partial charge on any atom is 0.114 e. The van der Waals surface area contributed by atoms with Crippen molar-refractivity contribution in [2.75, 3.05) is 6.54 Å². The molecule has 1 aliphatic heterocycles. The Bertz CT molecular complexity index is 332. The third-order valence-corrected chi connectivity index (χ3v) is 2.54. The van der Waals surface area contributed by atoms with Crippen LogP contribution in [-0.2, 0) is 6.54 Å². The van der Waals surface area contributed by atoms with Crippen molar-refractivity contribution in [2.24, 2.45) is 0 Å². The van der Waals surface area contributed by atoms with Crippen molar-refractivity contribution in [3.63, 3.8) is 0 Å². The summed E-state index contributed by atoms with van der Waals surface area (Å²) in [5, 5.41) is 13.2. The van der Waals surface area contributed by atoms with Gasteiger partial charge in [0.05, 0.1) is 24.3 Å². The minimum absolute atomic E-state index is 0.0250. The zero-order chi connectivity index (χ0) is 9.97. The average Bonchev–Trinajstić information content (AvgIpc) is 2.87. The van der Waals surface area contributed by atoms with Crippen LogP contribution in [0.4, 0.5) is 0 Å². The molecule has 0 bridgehead atoms. The monoisotopic (exact) mass is 193 g/mol. The average molecular weight is 193 g/mol. The quantitative estimate of drug-likeness (QED) is 0.686. The van der Waals surface area contributed by atoms with Gasteiger partial charge in [0.25, 0.3) is 0 Å². The molecule has 1 aliphatic rings. The number of hydrogen-bond donors (Lipinski definition) is 2. The van der Waals surface area contributed by atoms with Crippen LogP contribution in [0.5, 0.6) is 0 Å². The molecule has 76 valence electrons. The summed E-state index contributed by atoms with van der Waals surface area (Å²) in [7, 11) is 0. The minimum Gasteiger partial charge on any atom is -0.385 e. The lowest BCUT2D eigenvalue weighted by atomic mass is 10.1. The van der Waals surface area contributed by atoms with E-state index in [0.29, 0.717) is 0 Å². The Labute approximate surface area is 83.3 Å². The van der Waals surface area contributed by atoms with E-state index in [-0.39, 0.29) is 6.04 Å². The fourth-order valence-electron chi connectivity index (χ4n) is 1.73. The van der Waals surface area contributed by atoms with Crippen LogP contribution in [0.25, 0.3) is 0 Å². The molecule has 4 nitrogen and oxygen atoms in total. The molecule has 2 N–H and O–H groups in total. The van der Waals surface area contributed by atoms with E-state index in [9.17, 15) is 5.11 Å². The number of hydrogen-bond acceptors (Lipinski definition) is 3. The van der Waals surface area contributed by atoms with Crippen LogP contribution < -0.4 is 5.32 Å². The van der Waals surface area contributed by atoms with Crippen LogP contribution in [0.1, 0.15) is 18.7 Å². The predicted octanol–water partition coefficient (Wildman–Crippen LogP) is 0.464. The van der Waals surface area contributed by atoms with Gasteiger partial charge in [0.15, 0.2) is 0 Å². The third-order valence-electron chi connectivity index (χ3n) is 2.54. The zero-order valence-corrected chi connectivity index (χ0v) is 8.22. The van der Waals surface area contributed by atoms with Crippen molar-refractivity contribution in [2.45, 2.75) is 25.6 Å². The number of aryl methyl sites for hydroxylation is 1. The van der Waals surface area contributed by atoms with E-state index < -0.39 is 6.10 Å². The van der Waals surface area contributed by atoms with Crippen LogP contribution in [0.15, 0.2) is 24.7 Å². The van der Waals surface area contributed by atoms with Crippen molar-refractivity contribution in [1.29, 1.82) is 0 Å². The molecule has 2 atom stereocenters. The first kappa shape index (κ1) is 9.43. The molecule has 2 unspecified atom stereocenters. The molecular weight excluding hydrogens is 178 g/mol. The maximum atomic E-state index is 10.0. The van der Waals surface area contributed by atoms with Gasteiger partial charge in [0.2, 0.25) is 0 Å². The summed E-state index contributed by atoms with van der Waals surface area (Å²) in [6.07, 6.45) is 6.99. The molecule has 4 heteroatoms. The fourth-order valence-corrected chi connectivity index (χ4v) is 1.73. The highest BCUT2D eigenvalue weighted by molar-refractivity contribution is 5.14. The Morgan fingerprint density at radius 1 is 1.79 bits per heavy atom. The van der Waals surface area contributed by atoms with E-state index in [1.807, 2.05) is 23.6 Å². The number of aromatic nitrogens is 2. The molecule has 0 aromatic carbocycles. The van der Waals surface area contributed by atoms with E-state index in [2.05, 4.69) is 10.3 Å².